The van der Waals surface area contributed by atoms with Crippen molar-refractivity contribution in [3.63, 3.8) is 0 Å². The Bertz CT molecular complexity index is 1260. The van der Waals surface area contributed by atoms with Crippen molar-refractivity contribution in [1.82, 2.24) is 10.2 Å². The second kappa shape index (κ2) is 7.24. The van der Waals surface area contributed by atoms with E-state index in [1.165, 1.54) is 12.8 Å². The number of amides is 1. The molecule has 2 aliphatic heterocycles. The number of carbonyl (C=O) groups excluding carboxylic acids is 1. The van der Waals surface area contributed by atoms with Crippen LogP contribution in [-0.2, 0) is 23.2 Å². The van der Waals surface area contributed by atoms with Gasteiger partial charge in [0, 0.05) is 31.1 Å². The number of rotatable bonds is 5. The zero-order valence-corrected chi connectivity index (χ0v) is 19.5. The highest BCUT2D eigenvalue weighted by molar-refractivity contribution is 5.95. The second-order valence-electron chi connectivity index (χ2n) is 11.0. The van der Waals surface area contributed by atoms with Gasteiger partial charge in [-0.25, -0.2) is 0 Å². The number of aliphatic hydroxyl groups excluding tert-OH is 1. The summed E-state index contributed by atoms with van der Waals surface area (Å²) in [6, 6.07) is 13.0. The van der Waals surface area contributed by atoms with Crippen LogP contribution in [0.15, 0.2) is 53.8 Å². The second-order valence-corrected chi connectivity index (χ2v) is 11.0. The van der Waals surface area contributed by atoms with Gasteiger partial charge in [0.05, 0.1) is 16.6 Å². The molecule has 1 saturated heterocycles. The average molecular weight is 475 g/mol. The molecule has 2 fully saturated rings. The van der Waals surface area contributed by atoms with Crippen LogP contribution in [0.3, 0.4) is 0 Å². The number of benzene rings is 2. The molecule has 4 atom stereocenters. The maximum Gasteiger partial charge on any atom is 0.251 e. The van der Waals surface area contributed by atoms with Gasteiger partial charge < -0.3 is 25.4 Å². The van der Waals surface area contributed by atoms with Gasteiger partial charge in [-0.3, -0.25) is 9.69 Å². The molecule has 2 aromatic rings. The van der Waals surface area contributed by atoms with Gasteiger partial charge in [0.2, 0.25) is 0 Å². The molecule has 1 saturated carbocycles. The third-order valence-corrected chi connectivity index (χ3v) is 9.09. The number of hydrogen-bond donors (Lipinski definition) is 4. The summed E-state index contributed by atoms with van der Waals surface area (Å²) in [6.45, 7) is 2.06. The van der Waals surface area contributed by atoms with Crippen molar-refractivity contribution in [2.24, 2.45) is 5.92 Å². The van der Waals surface area contributed by atoms with Crippen molar-refractivity contribution in [1.29, 1.82) is 0 Å². The van der Waals surface area contributed by atoms with E-state index in [1.807, 2.05) is 36.4 Å². The molecule has 0 aromatic heterocycles. The van der Waals surface area contributed by atoms with E-state index in [2.05, 4.69) is 10.2 Å². The van der Waals surface area contributed by atoms with Crippen LogP contribution < -0.4 is 10.1 Å². The number of hydrogen-bond acceptors (Lipinski definition) is 6. The van der Waals surface area contributed by atoms with Gasteiger partial charge >= 0.3 is 0 Å². The lowest BCUT2D eigenvalue weighted by molar-refractivity contribution is -0.172. The zero-order valence-electron chi connectivity index (χ0n) is 19.5. The quantitative estimate of drug-likeness (QED) is 0.532. The number of phenolic OH excluding ortho intramolecular Hbond substituents is 1. The smallest absolute Gasteiger partial charge is 0.251 e. The van der Waals surface area contributed by atoms with Gasteiger partial charge in [-0.05, 0) is 55.3 Å². The molecule has 7 nitrogen and oxygen atoms in total. The van der Waals surface area contributed by atoms with Gasteiger partial charge in [0.15, 0.2) is 17.6 Å². The third kappa shape index (κ3) is 2.82. The Morgan fingerprint density at radius 1 is 1.14 bits per heavy atom. The van der Waals surface area contributed by atoms with Crippen molar-refractivity contribution >= 4 is 5.91 Å². The SMILES string of the molecule is O=C(NCc1ccccc1)C1=C(O)[C@@H]2Oc3c(O)ccc4c3[C@@]23CCN(CC2CC2)[C@H](C4)[C@]3(O)C1. The monoisotopic (exact) mass is 474 g/mol. The van der Waals surface area contributed by atoms with Crippen LogP contribution in [0.1, 0.15) is 42.4 Å². The first-order valence-electron chi connectivity index (χ1n) is 12.6. The highest BCUT2D eigenvalue weighted by Gasteiger charge is 2.73. The molecule has 35 heavy (non-hydrogen) atoms. The number of aliphatic hydroxyl groups is 2. The molecule has 7 heteroatoms. The third-order valence-electron chi connectivity index (χ3n) is 9.09. The van der Waals surface area contributed by atoms with Crippen LogP contribution in [0.4, 0.5) is 0 Å². The fraction of sp³-hybridized carbons (Fsp3) is 0.464. The van der Waals surface area contributed by atoms with Gasteiger partial charge in [-0.15, -0.1) is 0 Å². The van der Waals surface area contributed by atoms with Gasteiger partial charge in [-0.2, -0.15) is 0 Å². The fourth-order valence-electron chi connectivity index (χ4n) is 7.25. The maximum atomic E-state index is 13.4. The average Bonchev–Trinajstić information content (AvgIpc) is 3.60. The molecule has 2 heterocycles. The molecular formula is C28H30N2O5. The number of likely N-dealkylation sites (tertiary alicyclic amines) is 1. The maximum absolute atomic E-state index is 13.4. The Morgan fingerprint density at radius 3 is 2.71 bits per heavy atom. The van der Waals surface area contributed by atoms with Crippen molar-refractivity contribution in [3.8, 4) is 11.5 Å². The number of ether oxygens (including phenoxy) is 1. The normalized spacial score (nSPS) is 32.7. The molecule has 2 bridgehead atoms. The van der Waals surface area contributed by atoms with Crippen molar-refractivity contribution < 1.29 is 24.9 Å². The Balaban J connectivity index is 1.32. The molecule has 0 radical (unpaired) electrons. The molecule has 0 unspecified atom stereocenters. The summed E-state index contributed by atoms with van der Waals surface area (Å²) < 4.78 is 6.24. The molecule has 4 N–H and O–H groups in total. The standard InChI is InChI=1S/C28H30N2O5/c31-20-9-8-18-12-21-28(34)13-19(26(33)29-14-16-4-2-1-3-5-16)23(32)25-27(28,22(18)24(20)35-25)10-11-30(21)15-17-6-7-17/h1-5,8-9,17,21,25,31-32,34H,6-7,10-15H2,(H,29,33)/t21-,25+,27+,28-/m1/s1. The first-order valence-corrected chi connectivity index (χ1v) is 12.6. The van der Waals surface area contributed by atoms with E-state index >= 15 is 0 Å². The predicted molar refractivity (Wildman–Crippen MR) is 128 cm³/mol. The van der Waals surface area contributed by atoms with E-state index in [0.29, 0.717) is 31.1 Å². The Kier molecular flexibility index (Phi) is 4.40. The summed E-state index contributed by atoms with van der Waals surface area (Å²) in [5.41, 5.74) is 0.840. The number of phenols is 1. The lowest BCUT2D eigenvalue weighted by Crippen LogP contribution is -2.75. The number of carbonyl (C=O) groups is 1. The number of piperidine rings is 1. The molecule has 1 spiro atoms. The van der Waals surface area contributed by atoms with E-state index < -0.39 is 23.0 Å². The lowest BCUT2D eigenvalue weighted by atomic mass is 9.49. The Morgan fingerprint density at radius 2 is 1.94 bits per heavy atom. The summed E-state index contributed by atoms with van der Waals surface area (Å²) >= 11 is 0. The summed E-state index contributed by atoms with van der Waals surface area (Å²) in [5.74, 6) is 0.504. The van der Waals surface area contributed by atoms with Gasteiger partial charge in [-0.1, -0.05) is 36.4 Å². The Hall–Kier alpha value is -3.03. The summed E-state index contributed by atoms with van der Waals surface area (Å²) in [5, 5.41) is 37.6. The molecule has 2 aromatic carbocycles. The molecule has 5 aliphatic rings. The van der Waals surface area contributed by atoms with Crippen LogP contribution in [0.25, 0.3) is 0 Å². The van der Waals surface area contributed by atoms with Gasteiger partial charge in [0.25, 0.3) is 5.91 Å². The molecule has 1 amide bonds. The van der Waals surface area contributed by atoms with E-state index in [-0.39, 0.29) is 29.5 Å². The summed E-state index contributed by atoms with van der Waals surface area (Å²) in [7, 11) is 0. The van der Waals surface area contributed by atoms with Crippen molar-refractivity contribution in [2.45, 2.75) is 61.8 Å². The minimum Gasteiger partial charge on any atom is -0.508 e. The topological polar surface area (TPSA) is 102 Å². The van der Waals surface area contributed by atoms with Crippen molar-refractivity contribution in [3.05, 3.63) is 70.5 Å². The van der Waals surface area contributed by atoms with Crippen LogP contribution >= 0.6 is 0 Å². The van der Waals surface area contributed by atoms with Crippen LogP contribution in [-0.4, -0.2) is 57.0 Å². The fourth-order valence-corrected chi connectivity index (χ4v) is 7.25. The van der Waals surface area contributed by atoms with E-state index in [1.54, 1.807) is 6.07 Å². The van der Waals surface area contributed by atoms with Gasteiger partial charge in [0.1, 0.15) is 5.76 Å². The predicted octanol–water partition coefficient (Wildman–Crippen LogP) is 2.69. The van der Waals surface area contributed by atoms with E-state index in [0.717, 1.165) is 29.8 Å². The highest BCUT2D eigenvalue weighted by atomic mass is 16.5. The number of nitrogens with zero attached hydrogens (tertiary/aromatic N) is 1. The molecular weight excluding hydrogens is 444 g/mol. The first-order chi connectivity index (χ1) is 16.9. The Labute approximate surface area is 204 Å². The lowest BCUT2D eigenvalue weighted by Gasteiger charge is -2.62. The first kappa shape index (κ1) is 21.3. The van der Waals surface area contributed by atoms with Crippen LogP contribution in [0.2, 0.25) is 0 Å². The van der Waals surface area contributed by atoms with Crippen molar-refractivity contribution in [2.75, 3.05) is 13.1 Å². The number of nitrogens with one attached hydrogen (secondary N) is 1. The number of aromatic hydroxyl groups is 1. The van der Waals surface area contributed by atoms with Crippen LogP contribution in [0.5, 0.6) is 11.5 Å². The van der Waals surface area contributed by atoms with E-state index in [4.69, 9.17) is 4.74 Å². The largest absolute Gasteiger partial charge is 0.508 e. The van der Waals surface area contributed by atoms with E-state index in [9.17, 15) is 20.1 Å². The summed E-state index contributed by atoms with van der Waals surface area (Å²) in [6.07, 6.45) is 2.83. The summed E-state index contributed by atoms with van der Waals surface area (Å²) in [4.78, 5) is 15.8. The molecule has 182 valence electrons. The van der Waals surface area contributed by atoms with Crippen LogP contribution in [0, 0.1) is 5.92 Å². The molecule has 7 rings (SSSR count). The minimum atomic E-state index is -1.29. The highest BCUT2D eigenvalue weighted by Crippen LogP contribution is 2.66. The minimum absolute atomic E-state index is 0.0108. The zero-order chi connectivity index (χ0) is 23.9. The molecule has 3 aliphatic carbocycles.